The van der Waals surface area contributed by atoms with Crippen molar-refractivity contribution in [3.63, 3.8) is 0 Å². The standard InChI is InChI=1S/C13H13BrN2O3/c1-8-3-9(14)6-16(15-8)10-4-11(17-2)13-12(5-10)18-7-19-13/h3-6,15H,7H2,1-2H3. The monoisotopic (exact) mass is 324 g/mol. The van der Waals surface area contributed by atoms with E-state index in [9.17, 15) is 0 Å². The largest absolute Gasteiger partial charge is 0.493 e. The van der Waals surface area contributed by atoms with Crippen LogP contribution in [0.5, 0.6) is 17.2 Å². The third kappa shape index (κ3) is 2.23. The van der Waals surface area contributed by atoms with Crippen LogP contribution in [0.2, 0.25) is 0 Å². The molecule has 6 heteroatoms. The van der Waals surface area contributed by atoms with Crippen LogP contribution in [0.3, 0.4) is 0 Å². The number of anilines is 1. The van der Waals surface area contributed by atoms with Gasteiger partial charge in [0, 0.05) is 28.5 Å². The lowest BCUT2D eigenvalue weighted by Crippen LogP contribution is -2.34. The molecular weight excluding hydrogens is 312 g/mol. The van der Waals surface area contributed by atoms with Crippen molar-refractivity contribution in [1.82, 2.24) is 5.43 Å². The maximum atomic E-state index is 5.42. The Morgan fingerprint density at radius 3 is 2.95 bits per heavy atom. The fourth-order valence-corrected chi connectivity index (χ4v) is 2.56. The van der Waals surface area contributed by atoms with Crippen molar-refractivity contribution in [2.24, 2.45) is 0 Å². The first-order chi connectivity index (χ1) is 9.17. The van der Waals surface area contributed by atoms with Crippen molar-refractivity contribution in [2.45, 2.75) is 6.92 Å². The minimum atomic E-state index is 0.223. The van der Waals surface area contributed by atoms with Gasteiger partial charge in [-0.25, -0.2) is 0 Å². The minimum absolute atomic E-state index is 0.223. The molecule has 5 nitrogen and oxygen atoms in total. The van der Waals surface area contributed by atoms with Gasteiger partial charge < -0.3 is 14.2 Å². The van der Waals surface area contributed by atoms with Gasteiger partial charge in [-0.05, 0) is 28.9 Å². The predicted molar refractivity (Wildman–Crippen MR) is 75.5 cm³/mol. The Morgan fingerprint density at radius 2 is 2.21 bits per heavy atom. The third-order valence-corrected chi connectivity index (χ3v) is 3.26. The first kappa shape index (κ1) is 12.2. The molecule has 19 heavy (non-hydrogen) atoms. The average molecular weight is 325 g/mol. The lowest BCUT2D eigenvalue weighted by Gasteiger charge is -2.27. The number of hydrogen-bond donors (Lipinski definition) is 1. The normalized spacial score (nSPS) is 16.7. The van der Waals surface area contributed by atoms with Gasteiger partial charge in [0.15, 0.2) is 11.5 Å². The highest BCUT2D eigenvalue weighted by Gasteiger charge is 2.22. The second-order valence-corrected chi connectivity index (χ2v) is 5.12. The molecular formula is C13H13BrN2O3. The number of halogens is 1. The van der Waals surface area contributed by atoms with E-state index in [1.54, 1.807) is 7.11 Å². The van der Waals surface area contributed by atoms with Crippen LogP contribution < -0.4 is 24.6 Å². The van der Waals surface area contributed by atoms with Gasteiger partial charge in [0.1, 0.15) is 0 Å². The molecule has 1 aromatic rings. The zero-order chi connectivity index (χ0) is 13.4. The molecule has 0 unspecified atom stereocenters. The molecule has 3 rings (SSSR count). The fraction of sp³-hybridized carbons (Fsp3) is 0.231. The zero-order valence-electron chi connectivity index (χ0n) is 10.6. The quantitative estimate of drug-likeness (QED) is 0.906. The van der Waals surface area contributed by atoms with E-state index < -0.39 is 0 Å². The number of fused-ring (bicyclic) bond motifs is 1. The summed E-state index contributed by atoms with van der Waals surface area (Å²) in [5.41, 5.74) is 5.18. The van der Waals surface area contributed by atoms with Gasteiger partial charge in [0.2, 0.25) is 12.5 Å². The van der Waals surface area contributed by atoms with Gasteiger partial charge in [-0.1, -0.05) is 0 Å². The molecule has 0 aromatic heterocycles. The molecule has 2 heterocycles. The molecule has 0 aliphatic carbocycles. The second-order valence-electron chi connectivity index (χ2n) is 4.20. The topological polar surface area (TPSA) is 43.0 Å². The van der Waals surface area contributed by atoms with Crippen molar-refractivity contribution >= 4 is 21.6 Å². The first-order valence-corrected chi connectivity index (χ1v) is 6.56. The van der Waals surface area contributed by atoms with Gasteiger partial charge in [-0.2, -0.15) is 0 Å². The molecule has 0 radical (unpaired) electrons. The molecule has 0 bridgehead atoms. The number of methoxy groups -OCH3 is 1. The second kappa shape index (κ2) is 4.70. The van der Waals surface area contributed by atoms with Crippen molar-refractivity contribution in [3.05, 3.63) is 34.6 Å². The SMILES string of the molecule is COc1cc(N2C=C(Br)C=C(C)N2)cc2c1OCO2. The number of nitrogens with zero attached hydrogens (tertiary/aromatic N) is 1. The highest BCUT2D eigenvalue weighted by atomic mass is 79.9. The summed E-state index contributed by atoms with van der Waals surface area (Å²) in [6.45, 7) is 2.21. The van der Waals surface area contributed by atoms with Crippen LogP contribution in [-0.4, -0.2) is 13.9 Å². The molecule has 0 fully saturated rings. The Balaban J connectivity index is 2.00. The number of nitrogens with one attached hydrogen (secondary N) is 1. The summed E-state index contributed by atoms with van der Waals surface area (Å²) in [7, 11) is 1.61. The summed E-state index contributed by atoms with van der Waals surface area (Å²) in [6, 6.07) is 3.81. The zero-order valence-corrected chi connectivity index (χ0v) is 12.2. The summed E-state index contributed by atoms with van der Waals surface area (Å²) in [5, 5.41) is 1.89. The summed E-state index contributed by atoms with van der Waals surface area (Å²) in [5.74, 6) is 2.00. The van der Waals surface area contributed by atoms with E-state index in [2.05, 4.69) is 21.4 Å². The molecule has 1 aromatic carbocycles. The van der Waals surface area contributed by atoms with Crippen molar-refractivity contribution in [2.75, 3.05) is 18.9 Å². The molecule has 1 N–H and O–H groups in total. The average Bonchev–Trinajstić information content (AvgIpc) is 2.84. The number of hydrazine groups is 1. The van der Waals surface area contributed by atoms with E-state index in [4.69, 9.17) is 14.2 Å². The van der Waals surface area contributed by atoms with Crippen LogP contribution in [0.25, 0.3) is 0 Å². The van der Waals surface area contributed by atoms with E-state index in [1.165, 1.54) is 0 Å². The summed E-state index contributed by atoms with van der Waals surface area (Å²) in [6.07, 6.45) is 3.94. The van der Waals surface area contributed by atoms with Gasteiger partial charge >= 0.3 is 0 Å². The van der Waals surface area contributed by atoms with Gasteiger partial charge in [-0.3, -0.25) is 10.4 Å². The number of allylic oxidation sites excluding steroid dienone is 3. The van der Waals surface area contributed by atoms with Crippen LogP contribution in [0, 0.1) is 0 Å². The van der Waals surface area contributed by atoms with E-state index in [-0.39, 0.29) is 6.79 Å². The van der Waals surface area contributed by atoms with Gasteiger partial charge in [0.05, 0.1) is 12.8 Å². The molecule has 2 aliphatic heterocycles. The number of rotatable bonds is 2. The van der Waals surface area contributed by atoms with Crippen LogP contribution >= 0.6 is 15.9 Å². The van der Waals surface area contributed by atoms with Crippen LogP contribution in [0.1, 0.15) is 6.92 Å². The van der Waals surface area contributed by atoms with E-state index >= 15 is 0 Å². The summed E-state index contributed by atoms with van der Waals surface area (Å²) < 4.78 is 17.1. The Bertz CT molecular complexity index is 583. The smallest absolute Gasteiger partial charge is 0.231 e. The molecule has 0 spiro atoms. The van der Waals surface area contributed by atoms with Gasteiger partial charge in [0.25, 0.3) is 0 Å². The highest BCUT2D eigenvalue weighted by Crippen LogP contribution is 2.44. The maximum Gasteiger partial charge on any atom is 0.231 e. The van der Waals surface area contributed by atoms with E-state index in [0.29, 0.717) is 17.2 Å². The lowest BCUT2D eigenvalue weighted by atomic mass is 10.2. The molecule has 100 valence electrons. The number of ether oxygens (including phenoxy) is 3. The highest BCUT2D eigenvalue weighted by molar-refractivity contribution is 9.11. The number of hydrogen-bond acceptors (Lipinski definition) is 5. The van der Waals surface area contributed by atoms with E-state index in [1.807, 2.05) is 36.3 Å². The van der Waals surface area contributed by atoms with Crippen molar-refractivity contribution < 1.29 is 14.2 Å². The maximum absolute atomic E-state index is 5.42. The predicted octanol–water partition coefficient (Wildman–Crippen LogP) is 2.89. The van der Waals surface area contributed by atoms with Crippen molar-refractivity contribution in [3.8, 4) is 17.2 Å². The molecule has 2 aliphatic rings. The minimum Gasteiger partial charge on any atom is -0.493 e. The fourth-order valence-electron chi connectivity index (χ4n) is 2.02. The van der Waals surface area contributed by atoms with E-state index in [0.717, 1.165) is 15.9 Å². The molecule has 0 saturated carbocycles. The Morgan fingerprint density at radius 1 is 1.37 bits per heavy atom. The van der Waals surface area contributed by atoms with Crippen LogP contribution in [0.15, 0.2) is 34.6 Å². The first-order valence-electron chi connectivity index (χ1n) is 5.76. The van der Waals surface area contributed by atoms with Crippen LogP contribution in [0.4, 0.5) is 5.69 Å². The number of benzene rings is 1. The molecule has 0 saturated heterocycles. The molecule has 0 atom stereocenters. The molecule has 0 amide bonds. The Kier molecular flexibility index (Phi) is 3.02. The van der Waals surface area contributed by atoms with Gasteiger partial charge in [-0.15, -0.1) is 0 Å². The van der Waals surface area contributed by atoms with Crippen LogP contribution in [-0.2, 0) is 0 Å². The third-order valence-electron chi connectivity index (χ3n) is 2.82. The summed E-state index contributed by atoms with van der Waals surface area (Å²) >= 11 is 3.48. The Hall–Kier alpha value is -1.82. The summed E-state index contributed by atoms with van der Waals surface area (Å²) in [4.78, 5) is 0. The Labute approximate surface area is 119 Å². The lowest BCUT2D eigenvalue weighted by molar-refractivity contribution is 0.171. The van der Waals surface area contributed by atoms with Crippen molar-refractivity contribution in [1.29, 1.82) is 0 Å².